The van der Waals surface area contributed by atoms with Crippen molar-refractivity contribution >= 4 is 11.9 Å². The summed E-state index contributed by atoms with van der Waals surface area (Å²) in [5.41, 5.74) is 1.22. The summed E-state index contributed by atoms with van der Waals surface area (Å²) in [6, 6.07) is 0. The van der Waals surface area contributed by atoms with Gasteiger partial charge in [-0.15, -0.1) is 0 Å². The molecular formula is C13H19NO4. The first-order valence-electron chi connectivity index (χ1n) is 6.33. The summed E-state index contributed by atoms with van der Waals surface area (Å²) in [5.74, 6) is -1.02. The summed E-state index contributed by atoms with van der Waals surface area (Å²) in [7, 11) is 0. The van der Waals surface area contributed by atoms with Crippen molar-refractivity contribution in [3.05, 3.63) is 11.1 Å². The Hall–Kier alpha value is -1.36. The molecule has 100 valence electrons. The molecule has 0 saturated carbocycles. The van der Waals surface area contributed by atoms with Gasteiger partial charge in [0.15, 0.2) is 0 Å². The highest BCUT2D eigenvalue weighted by Gasteiger charge is 2.39. The Morgan fingerprint density at radius 3 is 2.72 bits per heavy atom. The van der Waals surface area contributed by atoms with Crippen molar-refractivity contribution in [3.8, 4) is 0 Å². The molecule has 18 heavy (non-hydrogen) atoms. The van der Waals surface area contributed by atoms with E-state index in [2.05, 4.69) is 5.32 Å². The third-order valence-corrected chi connectivity index (χ3v) is 3.74. The Morgan fingerprint density at radius 1 is 1.44 bits per heavy atom. The van der Waals surface area contributed by atoms with Crippen molar-refractivity contribution in [2.24, 2.45) is 0 Å². The van der Waals surface area contributed by atoms with E-state index in [0.717, 1.165) is 30.4 Å². The zero-order valence-electron chi connectivity index (χ0n) is 10.6. The Morgan fingerprint density at radius 2 is 2.22 bits per heavy atom. The first kappa shape index (κ1) is 13.1. The predicted octanol–water partition coefficient (Wildman–Crippen LogP) is 1.24. The maximum Gasteiger partial charge on any atom is 0.305 e. The summed E-state index contributed by atoms with van der Waals surface area (Å²) in [4.78, 5) is 23.1. The molecule has 5 nitrogen and oxygen atoms in total. The zero-order valence-corrected chi connectivity index (χ0v) is 10.6. The van der Waals surface area contributed by atoms with E-state index < -0.39 is 11.5 Å². The van der Waals surface area contributed by atoms with Crippen molar-refractivity contribution in [2.75, 3.05) is 13.2 Å². The minimum absolute atomic E-state index is 0.0783. The van der Waals surface area contributed by atoms with Crippen LogP contribution in [0.3, 0.4) is 0 Å². The van der Waals surface area contributed by atoms with Crippen molar-refractivity contribution in [2.45, 2.75) is 44.6 Å². The van der Waals surface area contributed by atoms with Crippen LogP contribution in [-0.2, 0) is 14.3 Å². The summed E-state index contributed by atoms with van der Waals surface area (Å²) < 4.78 is 5.26. The van der Waals surface area contributed by atoms with Gasteiger partial charge in [0.05, 0.1) is 18.6 Å². The summed E-state index contributed by atoms with van der Waals surface area (Å²) >= 11 is 0. The Labute approximate surface area is 106 Å². The van der Waals surface area contributed by atoms with Crippen LogP contribution in [0, 0.1) is 0 Å². The summed E-state index contributed by atoms with van der Waals surface area (Å²) in [6.45, 7) is 2.76. The highest BCUT2D eigenvalue weighted by atomic mass is 16.5. The molecule has 0 aromatic carbocycles. The second-order valence-corrected chi connectivity index (χ2v) is 5.22. The predicted molar refractivity (Wildman–Crippen MR) is 65.1 cm³/mol. The van der Waals surface area contributed by atoms with Gasteiger partial charge < -0.3 is 15.2 Å². The molecule has 0 spiro atoms. The lowest BCUT2D eigenvalue weighted by Gasteiger charge is -2.27. The maximum absolute atomic E-state index is 12.2. The number of aliphatic carboxylic acids is 1. The fraction of sp³-hybridized carbons (Fsp3) is 0.692. The number of nitrogens with one attached hydrogen (secondary N) is 1. The molecule has 2 N–H and O–H groups in total. The first-order valence-corrected chi connectivity index (χ1v) is 6.33. The van der Waals surface area contributed by atoms with Crippen molar-refractivity contribution in [3.63, 3.8) is 0 Å². The lowest BCUT2D eigenvalue weighted by Crippen LogP contribution is -2.50. The van der Waals surface area contributed by atoms with E-state index in [1.807, 2.05) is 6.92 Å². The normalized spacial score (nSPS) is 27.6. The van der Waals surface area contributed by atoms with E-state index in [-0.39, 0.29) is 18.9 Å². The van der Waals surface area contributed by atoms with Gasteiger partial charge in [0.2, 0.25) is 5.91 Å². The van der Waals surface area contributed by atoms with E-state index in [9.17, 15) is 9.59 Å². The molecule has 1 unspecified atom stereocenters. The number of hydrogen-bond acceptors (Lipinski definition) is 3. The van der Waals surface area contributed by atoms with Gasteiger partial charge in [-0.1, -0.05) is 5.57 Å². The van der Waals surface area contributed by atoms with Gasteiger partial charge in [0.1, 0.15) is 0 Å². The Kier molecular flexibility index (Phi) is 3.71. The van der Waals surface area contributed by atoms with Gasteiger partial charge in [-0.2, -0.15) is 0 Å². The highest BCUT2D eigenvalue weighted by Crippen LogP contribution is 2.28. The average Bonchev–Trinajstić information content (AvgIpc) is 2.86. The quantitative estimate of drug-likeness (QED) is 0.790. The smallest absolute Gasteiger partial charge is 0.305 e. The molecule has 0 aromatic heterocycles. The third kappa shape index (κ3) is 2.72. The molecule has 1 saturated heterocycles. The molecule has 1 atom stereocenters. The number of rotatable bonds is 4. The SMILES string of the molecule is CC1=C(C(=O)NC2(CC(=O)O)CCOC2)CCC1. The lowest BCUT2D eigenvalue weighted by molar-refractivity contribution is -0.139. The van der Waals surface area contributed by atoms with Crippen LogP contribution in [0.1, 0.15) is 39.0 Å². The van der Waals surface area contributed by atoms with E-state index in [1.165, 1.54) is 0 Å². The molecule has 1 heterocycles. The van der Waals surface area contributed by atoms with Crippen LogP contribution in [-0.4, -0.2) is 35.7 Å². The second-order valence-electron chi connectivity index (χ2n) is 5.22. The monoisotopic (exact) mass is 253 g/mol. The zero-order chi connectivity index (χ0) is 13.2. The number of amides is 1. The van der Waals surface area contributed by atoms with E-state index in [0.29, 0.717) is 13.0 Å². The van der Waals surface area contributed by atoms with Crippen molar-refractivity contribution in [1.82, 2.24) is 5.32 Å². The Balaban J connectivity index is 2.07. The van der Waals surface area contributed by atoms with Gasteiger partial charge in [-0.3, -0.25) is 9.59 Å². The number of carbonyl (C=O) groups is 2. The number of ether oxygens (including phenoxy) is 1. The van der Waals surface area contributed by atoms with Gasteiger partial charge in [-0.05, 0) is 32.6 Å². The van der Waals surface area contributed by atoms with Crippen LogP contribution in [0.15, 0.2) is 11.1 Å². The van der Waals surface area contributed by atoms with Gasteiger partial charge >= 0.3 is 5.97 Å². The van der Waals surface area contributed by atoms with Crippen LogP contribution in [0.5, 0.6) is 0 Å². The second kappa shape index (κ2) is 5.10. The minimum Gasteiger partial charge on any atom is -0.481 e. The standard InChI is InChI=1S/C13H19NO4/c1-9-3-2-4-10(9)12(17)14-13(7-11(15)16)5-6-18-8-13/h2-8H2,1H3,(H,14,17)(H,15,16). The molecule has 0 bridgehead atoms. The first-order chi connectivity index (χ1) is 8.52. The fourth-order valence-electron chi connectivity index (χ4n) is 2.70. The topological polar surface area (TPSA) is 75.6 Å². The number of carbonyl (C=O) groups excluding carboxylic acids is 1. The lowest BCUT2D eigenvalue weighted by atomic mass is 9.93. The minimum atomic E-state index is -0.905. The van der Waals surface area contributed by atoms with E-state index >= 15 is 0 Å². The molecule has 1 aliphatic heterocycles. The average molecular weight is 253 g/mol. The van der Waals surface area contributed by atoms with Gasteiger partial charge in [0.25, 0.3) is 0 Å². The van der Waals surface area contributed by atoms with Gasteiger partial charge in [-0.25, -0.2) is 0 Å². The van der Waals surface area contributed by atoms with E-state index in [1.54, 1.807) is 0 Å². The van der Waals surface area contributed by atoms with Crippen LogP contribution in [0.2, 0.25) is 0 Å². The fourth-order valence-corrected chi connectivity index (χ4v) is 2.70. The molecule has 1 amide bonds. The van der Waals surface area contributed by atoms with Crippen LogP contribution < -0.4 is 5.32 Å². The van der Waals surface area contributed by atoms with Crippen molar-refractivity contribution < 1.29 is 19.4 Å². The summed E-state index contributed by atoms with van der Waals surface area (Å²) in [5, 5.41) is 11.8. The molecule has 1 aliphatic carbocycles. The number of allylic oxidation sites excluding steroid dienone is 1. The van der Waals surface area contributed by atoms with Crippen LogP contribution in [0.25, 0.3) is 0 Å². The molecule has 2 aliphatic rings. The third-order valence-electron chi connectivity index (χ3n) is 3.74. The molecule has 5 heteroatoms. The van der Waals surface area contributed by atoms with Crippen LogP contribution >= 0.6 is 0 Å². The number of carboxylic acids is 1. The van der Waals surface area contributed by atoms with E-state index in [4.69, 9.17) is 9.84 Å². The largest absolute Gasteiger partial charge is 0.481 e. The molecule has 1 fully saturated rings. The molecule has 0 radical (unpaired) electrons. The molecular weight excluding hydrogens is 234 g/mol. The highest BCUT2D eigenvalue weighted by molar-refractivity contribution is 5.95. The molecule has 0 aromatic rings. The van der Waals surface area contributed by atoms with Gasteiger partial charge in [0, 0.05) is 12.2 Å². The summed E-state index contributed by atoms with van der Waals surface area (Å²) in [6.07, 6.45) is 3.26. The number of hydrogen-bond donors (Lipinski definition) is 2. The maximum atomic E-state index is 12.2. The Bertz CT molecular complexity index is 394. The number of carboxylic acid groups (broad SMARTS) is 1. The van der Waals surface area contributed by atoms with Crippen LogP contribution in [0.4, 0.5) is 0 Å². The van der Waals surface area contributed by atoms with Crippen molar-refractivity contribution in [1.29, 1.82) is 0 Å². The molecule has 2 rings (SSSR count).